The van der Waals surface area contributed by atoms with Crippen LogP contribution < -0.4 is 10.1 Å². The lowest BCUT2D eigenvalue weighted by Gasteiger charge is -2.13. The topological polar surface area (TPSA) is 34.4 Å². The fourth-order valence-electron chi connectivity index (χ4n) is 2.35. The molecule has 130 valence electrons. The number of furan rings is 1. The highest BCUT2D eigenvalue weighted by Crippen LogP contribution is 2.26. The van der Waals surface area contributed by atoms with E-state index in [1.165, 1.54) is 0 Å². The standard InChI is InChI=1S/C19H16Cl3NO2/c20-15-4-6-19(25-12-13-3-5-17(21)18(22)8-13)14(9-15)10-23-11-16-2-1-7-24-16/h1-9,23H,10-12H2. The number of hydrogen-bond acceptors (Lipinski definition) is 3. The first-order valence-electron chi connectivity index (χ1n) is 7.70. The molecule has 3 rings (SSSR count). The summed E-state index contributed by atoms with van der Waals surface area (Å²) in [4.78, 5) is 0. The summed E-state index contributed by atoms with van der Waals surface area (Å²) >= 11 is 18.1. The van der Waals surface area contributed by atoms with E-state index in [9.17, 15) is 0 Å². The van der Waals surface area contributed by atoms with Crippen LogP contribution in [0.15, 0.2) is 59.2 Å². The maximum Gasteiger partial charge on any atom is 0.124 e. The molecular formula is C19H16Cl3NO2. The van der Waals surface area contributed by atoms with Gasteiger partial charge in [0.2, 0.25) is 0 Å². The van der Waals surface area contributed by atoms with Crippen molar-refractivity contribution in [2.75, 3.05) is 0 Å². The van der Waals surface area contributed by atoms with Gasteiger partial charge in [-0.1, -0.05) is 40.9 Å². The van der Waals surface area contributed by atoms with Crippen LogP contribution in [0.3, 0.4) is 0 Å². The Balaban J connectivity index is 1.64. The minimum absolute atomic E-state index is 0.393. The van der Waals surface area contributed by atoms with Crippen molar-refractivity contribution in [2.45, 2.75) is 19.7 Å². The summed E-state index contributed by atoms with van der Waals surface area (Å²) < 4.78 is 11.2. The summed E-state index contributed by atoms with van der Waals surface area (Å²) in [6.07, 6.45) is 1.65. The van der Waals surface area contributed by atoms with E-state index in [1.54, 1.807) is 18.4 Å². The lowest BCUT2D eigenvalue weighted by molar-refractivity contribution is 0.302. The number of halogens is 3. The molecule has 3 nitrogen and oxygen atoms in total. The number of hydrogen-bond donors (Lipinski definition) is 1. The second kappa shape index (κ2) is 8.63. The van der Waals surface area contributed by atoms with Gasteiger partial charge in [-0.25, -0.2) is 0 Å². The number of nitrogens with one attached hydrogen (secondary N) is 1. The molecule has 0 aliphatic carbocycles. The third-order valence-corrected chi connectivity index (χ3v) is 4.57. The van der Waals surface area contributed by atoms with Crippen molar-refractivity contribution in [3.8, 4) is 5.75 Å². The Labute approximate surface area is 161 Å². The third kappa shape index (κ3) is 5.16. The van der Waals surface area contributed by atoms with E-state index in [2.05, 4.69) is 5.32 Å². The molecule has 25 heavy (non-hydrogen) atoms. The predicted octanol–water partition coefficient (Wildman–Crippen LogP) is 6.11. The highest BCUT2D eigenvalue weighted by molar-refractivity contribution is 6.42. The zero-order chi connectivity index (χ0) is 17.6. The van der Waals surface area contributed by atoms with Gasteiger partial charge in [-0.2, -0.15) is 0 Å². The lowest BCUT2D eigenvalue weighted by Crippen LogP contribution is -2.13. The Morgan fingerprint density at radius 3 is 2.56 bits per heavy atom. The normalized spacial score (nSPS) is 10.8. The molecule has 0 atom stereocenters. The van der Waals surface area contributed by atoms with Crippen LogP contribution in [0, 0.1) is 0 Å². The second-order valence-electron chi connectivity index (χ2n) is 5.47. The first-order chi connectivity index (χ1) is 12.1. The van der Waals surface area contributed by atoms with Crippen LogP contribution in [0.4, 0.5) is 0 Å². The molecule has 6 heteroatoms. The van der Waals surface area contributed by atoms with E-state index in [1.807, 2.05) is 36.4 Å². The molecule has 0 aliphatic rings. The van der Waals surface area contributed by atoms with Crippen LogP contribution in [0.2, 0.25) is 15.1 Å². The molecule has 1 aromatic heterocycles. The molecule has 0 saturated heterocycles. The summed E-state index contributed by atoms with van der Waals surface area (Å²) in [5, 5.41) is 5.02. The van der Waals surface area contributed by atoms with E-state index < -0.39 is 0 Å². The summed E-state index contributed by atoms with van der Waals surface area (Å²) in [6, 6.07) is 14.8. The van der Waals surface area contributed by atoms with E-state index >= 15 is 0 Å². The van der Waals surface area contributed by atoms with Crippen LogP contribution in [-0.2, 0) is 19.7 Å². The Kier molecular flexibility index (Phi) is 6.27. The fraction of sp³-hybridized carbons (Fsp3) is 0.158. The molecular weight excluding hydrogens is 381 g/mol. The van der Waals surface area contributed by atoms with Gasteiger partial charge in [0.1, 0.15) is 18.1 Å². The molecule has 1 heterocycles. The number of ether oxygens (including phenoxy) is 1. The van der Waals surface area contributed by atoms with E-state index in [0.29, 0.717) is 34.8 Å². The number of rotatable bonds is 7. The SMILES string of the molecule is Clc1ccc(OCc2ccc(Cl)c(Cl)c2)c(CNCc2ccco2)c1. The van der Waals surface area contributed by atoms with Crippen LogP contribution >= 0.6 is 34.8 Å². The lowest BCUT2D eigenvalue weighted by atomic mass is 10.2. The van der Waals surface area contributed by atoms with Gasteiger partial charge in [-0.05, 0) is 48.0 Å². The fourth-order valence-corrected chi connectivity index (χ4v) is 2.87. The van der Waals surface area contributed by atoms with Gasteiger partial charge in [0.15, 0.2) is 0 Å². The third-order valence-electron chi connectivity index (χ3n) is 3.60. The minimum atomic E-state index is 0.393. The van der Waals surface area contributed by atoms with E-state index in [0.717, 1.165) is 22.6 Å². The summed E-state index contributed by atoms with van der Waals surface area (Å²) in [6.45, 7) is 1.63. The molecule has 3 aromatic rings. The Morgan fingerprint density at radius 1 is 0.920 bits per heavy atom. The van der Waals surface area contributed by atoms with Crippen molar-refractivity contribution in [2.24, 2.45) is 0 Å². The summed E-state index contributed by atoms with van der Waals surface area (Å²) in [7, 11) is 0. The van der Waals surface area contributed by atoms with Crippen molar-refractivity contribution >= 4 is 34.8 Å². The van der Waals surface area contributed by atoms with Crippen LogP contribution in [0.5, 0.6) is 5.75 Å². The molecule has 2 aromatic carbocycles. The molecule has 0 bridgehead atoms. The van der Waals surface area contributed by atoms with E-state index in [-0.39, 0.29) is 0 Å². The molecule has 1 N–H and O–H groups in total. The monoisotopic (exact) mass is 395 g/mol. The highest BCUT2D eigenvalue weighted by Gasteiger charge is 2.07. The summed E-state index contributed by atoms with van der Waals surface area (Å²) in [5.74, 6) is 1.64. The first-order valence-corrected chi connectivity index (χ1v) is 8.83. The second-order valence-corrected chi connectivity index (χ2v) is 6.72. The van der Waals surface area contributed by atoms with Crippen LogP contribution in [0.25, 0.3) is 0 Å². The Hall–Kier alpha value is -1.65. The predicted molar refractivity (Wildman–Crippen MR) is 101 cm³/mol. The van der Waals surface area contributed by atoms with Crippen molar-refractivity contribution in [1.29, 1.82) is 0 Å². The molecule has 0 amide bonds. The average molecular weight is 397 g/mol. The molecule has 0 unspecified atom stereocenters. The molecule has 0 radical (unpaired) electrons. The van der Waals surface area contributed by atoms with Crippen molar-refractivity contribution in [1.82, 2.24) is 5.32 Å². The van der Waals surface area contributed by atoms with Gasteiger partial charge < -0.3 is 14.5 Å². The van der Waals surface area contributed by atoms with Gasteiger partial charge in [-0.3, -0.25) is 0 Å². The van der Waals surface area contributed by atoms with Crippen molar-refractivity contribution < 1.29 is 9.15 Å². The molecule has 0 fully saturated rings. The first kappa shape index (κ1) is 18.2. The van der Waals surface area contributed by atoms with Gasteiger partial charge in [0.05, 0.1) is 22.9 Å². The maximum absolute atomic E-state index is 6.12. The Morgan fingerprint density at radius 2 is 1.80 bits per heavy atom. The van der Waals surface area contributed by atoms with Gasteiger partial charge in [0, 0.05) is 17.1 Å². The zero-order valence-electron chi connectivity index (χ0n) is 13.3. The van der Waals surface area contributed by atoms with Crippen molar-refractivity contribution in [3.05, 3.63) is 86.7 Å². The van der Waals surface area contributed by atoms with Gasteiger partial charge in [0.25, 0.3) is 0 Å². The number of benzene rings is 2. The van der Waals surface area contributed by atoms with Gasteiger partial charge in [-0.15, -0.1) is 0 Å². The van der Waals surface area contributed by atoms with Crippen molar-refractivity contribution in [3.63, 3.8) is 0 Å². The largest absolute Gasteiger partial charge is 0.489 e. The van der Waals surface area contributed by atoms with Crippen LogP contribution in [-0.4, -0.2) is 0 Å². The van der Waals surface area contributed by atoms with Crippen LogP contribution in [0.1, 0.15) is 16.9 Å². The zero-order valence-corrected chi connectivity index (χ0v) is 15.5. The van der Waals surface area contributed by atoms with E-state index in [4.69, 9.17) is 44.0 Å². The quantitative estimate of drug-likeness (QED) is 0.523. The summed E-state index contributed by atoms with van der Waals surface area (Å²) in [5.41, 5.74) is 1.91. The van der Waals surface area contributed by atoms with Gasteiger partial charge >= 0.3 is 0 Å². The molecule has 0 spiro atoms. The minimum Gasteiger partial charge on any atom is -0.489 e. The molecule has 0 saturated carbocycles. The smallest absolute Gasteiger partial charge is 0.124 e. The molecule has 0 aliphatic heterocycles. The Bertz CT molecular complexity index is 835. The average Bonchev–Trinajstić information content (AvgIpc) is 3.10. The highest BCUT2D eigenvalue weighted by atomic mass is 35.5. The maximum atomic E-state index is 6.12.